The number of hydrogen-bond acceptors (Lipinski definition) is 8. The number of hydrogen-bond donors (Lipinski definition) is 3. The molecule has 0 heterocycles. The first-order chi connectivity index (χ1) is 16.7. The number of thioether (sulfide) groups is 1. The molecule has 0 aliphatic heterocycles. The van der Waals surface area contributed by atoms with Crippen molar-refractivity contribution in [2.45, 2.75) is 57.1 Å². The van der Waals surface area contributed by atoms with Crippen molar-refractivity contribution in [1.29, 1.82) is 0 Å². The molecule has 0 unspecified atom stereocenters. The van der Waals surface area contributed by atoms with Gasteiger partial charge < -0.3 is 15.2 Å². The summed E-state index contributed by atoms with van der Waals surface area (Å²) in [5.41, 5.74) is 2.53. The van der Waals surface area contributed by atoms with E-state index in [4.69, 9.17) is 9.84 Å². The predicted molar refractivity (Wildman–Crippen MR) is 146 cm³/mol. The summed E-state index contributed by atoms with van der Waals surface area (Å²) in [5, 5.41) is 20.9. The Balaban J connectivity index is 2.35. The van der Waals surface area contributed by atoms with E-state index >= 15 is 0 Å². The molecule has 8 nitrogen and oxygen atoms in total. The van der Waals surface area contributed by atoms with Crippen molar-refractivity contribution in [2.24, 2.45) is 10.2 Å². The number of benzene rings is 2. The van der Waals surface area contributed by atoms with E-state index in [2.05, 4.69) is 33.9 Å². The van der Waals surface area contributed by atoms with Gasteiger partial charge in [-0.3, -0.25) is 0 Å². The van der Waals surface area contributed by atoms with Crippen LogP contribution in [0.4, 0.5) is 5.69 Å². The largest absolute Gasteiger partial charge is 0.489 e. The van der Waals surface area contributed by atoms with Gasteiger partial charge in [0.05, 0.1) is 24.2 Å². The van der Waals surface area contributed by atoms with E-state index in [0.717, 1.165) is 40.3 Å². The lowest BCUT2D eigenvalue weighted by Crippen LogP contribution is -2.31. The number of ether oxygens (including phenoxy) is 1. The molecule has 10 heteroatoms. The maximum absolute atomic E-state index is 12.3. The summed E-state index contributed by atoms with van der Waals surface area (Å²) >= 11 is 1.42. The van der Waals surface area contributed by atoms with Crippen molar-refractivity contribution in [1.82, 2.24) is 4.72 Å². The van der Waals surface area contributed by atoms with Crippen LogP contribution in [0.15, 0.2) is 57.6 Å². The first-order valence-electron chi connectivity index (χ1n) is 11.6. The molecule has 2 rings (SSSR count). The van der Waals surface area contributed by atoms with E-state index in [0.29, 0.717) is 11.5 Å². The first kappa shape index (κ1) is 28.8. The van der Waals surface area contributed by atoms with Gasteiger partial charge in [-0.15, -0.1) is 5.10 Å². The molecule has 0 amide bonds. The molecule has 3 N–H and O–H groups in total. The topological polar surface area (TPSA) is 112 Å². The van der Waals surface area contributed by atoms with Crippen LogP contribution in [0.5, 0.6) is 5.75 Å². The molecule has 35 heavy (non-hydrogen) atoms. The fraction of sp³-hybridized carbons (Fsp3) is 0.440. The number of rotatable bonds is 14. The lowest BCUT2D eigenvalue weighted by Gasteiger charge is -2.20. The van der Waals surface area contributed by atoms with Crippen LogP contribution in [0.2, 0.25) is 0 Å². The predicted octanol–water partition coefficient (Wildman–Crippen LogP) is 4.81. The first-order valence-corrected chi connectivity index (χ1v) is 14.1. The van der Waals surface area contributed by atoms with Crippen LogP contribution in [0.1, 0.15) is 57.2 Å². The van der Waals surface area contributed by atoms with Crippen molar-refractivity contribution in [2.75, 3.05) is 24.7 Å². The second-order valence-electron chi connectivity index (χ2n) is 8.20. The number of sulfonamides is 1. The Hall–Kier alpha value is -2.40. The molecule has 2 aromatic rings. The molecule has 0 spiro atoms. The van der Waals surface area contributed by atoms with Crippen LogP contribution in [0.3, 0.4) is 0 Å². The minimum absolute atomic E-state index is 0.0449. The summed E-state index contributed by atoms with van der Waals surface area (Å²) in [5.74, 6) is 0.425. The maximum Gasteiger partial charge on any atom is 0.214 e. The zero-order valence-electron chi connectivity index (χ0n) is 20.8. The normalized spacial score (nSPS) is 13.0. The summed E-state index contributed by atoms with van der Waals surface area (Å²) < 4.78 is 33.3. The van der Waals surface area contributed by atoms with Gasteiger partial charge in [0.1, 0.15) is 10.8 Å². The van der Waals surface area contributed by atoms with Gasteiger partial charge in [0, 0.05) is 30.3 Å². The van der Waals surface area contributed by atoms with Gasteiger partial charge in [0.25, 0.3) is 0 Å². The molecule has 0 bridgehead atoms. The minimum atomic E-state index is -3.59. The van der Waals surface area contributed by atoms with E-state index in [-0.39, 0.29) is 17.9 Å². The summed E-state index contributed by atoms with van der Waals surface area (Å²) in [7, 11) is -1.76. The van der Waals surface area contributed by atoms with Crippen LogP contribution in [0, 0.1) is 0 Å². The Kier molecular flexibility index (Phi) is 11.7. The highest BCUT2D eigenvalue weighted by Crippen LogP contribution is 2.32. The Labute approximate surface area is 213 Å². The number of nitrogens with zero attached hydrogens (tertiary/aromatic N) is 2. The third kappa shape index (κ3) is 9.29. The zero-order valence-corrected chi connectivity index (χ0v) is 22.5. The van der Waals surface area contributed by atoms with E-state index in [1.54, 1.807) is 0 Å². The molecule has 0 aromatic heterocycles. The van der Waals surface area contributed by atoms with E-state index in [1.165, 1.54) is 11.8 Å². The van der Waals surface area contributed by atoms with Crippen molar-refractivity contribution in [3.63, 3.8) is 0 Å². The van der Waals surface area contributed by atoms with Gasteiger partial charge in [-0.25, -0.2) is 13.1 Å². The average molecular weight is 521 g/mol. The molecule has 1 atom stereocenters. The molecule has 0 aliphatic carbocycles. The van der Waals surface area contributed by atoms with Gasteiger partial charge in [0.2, 0.25) is 10.0 Å². The molecular weight excluding hydrogens is 484 g/mol. The van der Waals surface area contributed by atoms with E-state index < -0.39 is 16.6 Å². The fourth-order valence-electron chi connectivity index (χ4n) is 3.42. The van der Waals surface area contributed by atoms with Gasteiger partial charge in [-0.2, -0.15) is 5.10 Å². The Morgan fingerprint density at radius 1 is 1.23 bits per heavy atom. The third-order valence-electron chi connectivity index (χ3n) is 5.02. The highest BCUT2D eigenvalue weighted by Gasteiger charge is 2.20. The lowest BCUT2D eigenvalue weighted by atomic mass is 10.0. The van der Waals surface area contributed by atoms with Crippen LogP contribution >= 0.6 is 11.8 Å². The molecule has 0 fully saturated rings. The number of anilines is 1. The molecule has 0 saturated carbocycles. The monoisotopic (exact) mass is 520 g/mol. The van der Waals surface area contributed by atoms with Gasteiger partial charge >= 0.3 is 0 Å². The molecule has 0 aliphatic rings. The second kappa shape index (κ2) is 14.2. The summed E-state index contributed by atoms with van der Waals surface area (Å²) in [6, 6.07) is 13.1. The highest BCUT2D eigenvalue weighted by atomic mass is 32.2. The van der Waals surface area contributed by atoms with Crippen molar-refractivity contribution >= 4 is 39.2 Å². The molecule has 0 radical (unpaired) electrons. The molecular formula is C25H36N4O4S2. The van der Waals surface area contributed by atoms with Crippen LogP contribution in [-0.4, -0.2) is 50.8 Å². The Morgan fingerprint density at radius 2 is 2.00 bits per heavy atom. The quantitative estimate of drug-likeness (QED) is 0.143. The van der Waals surface area contributed by atoms with Gasteiger partial charge in [-0.1, -0.05) is 43.7 Å². The standard InChI is InChI=1S/C25H36N4O4S2/c1-6-7-11-22(29-35(31,32)15-14-30)19-9-8-10-21(16-19)34-25(28-27-5)20-12-13-24(33-18(2)3)23(17-20)26-4/h8-10,12-13,16-18,22,26,29-30H,5-7,11,14-15H2,1-4H3/b28-25-/t22-/m1/s1. The molecule has 192 valence electrons. The fourth-order valence-corrected chi connectivity index (χ4v) is 5.37. The van der Waals surface area contributed by atoms with Crippen molar-refractivity contribution < 1.29 is 18.3 Å². The van der Waals surface area contributed by atoms with E-state index in [9.17, 15) is 8.42 Å². The Bertz CT molecular complexity index is 1100. The second-order valence-corrected chi connectivity index (χ2v) is 11.1. The van der Waals surface area contributed by atoms with Crippen LogP contribution < -0.4 is 14.8 Å². The van der Waals surface area contributed by atoms with E-state index in [1.807, 2.05) is 63.4 Å². The summed E-state index contributed by atoms with van der Waals surface area (Å²) in [6.07, 6.45) is 2.52. The number of aliphatic hydroxyl groups is 1. The lowest BCUT2D eigenvalue weighted by molar-refractivity contribution is 0.243. The van der Waals surface area contributed by atoms with Crippen LogP contribution in [0.25, 0.3) is 0 Å². The van der Waals surface area contributed by atoms with Crippen molar-refractivity contribution in [3.8, 4) is 5.75 Å². The van der Waals surface area contributed by atoms with Crippen molar-refractivity contribution in [3.05, 3.63) is 53.6 Å². The third-order valence-corrected chi connectivity index (χ3v) is 7.39. The zero-order chi connectivity index (χ0) is 25.8. The SMILES string of the molecule is C=N/N=C(\Sc1cccc([C@@H](CCCC)NS(=O)(=O)CCO)c1)c1ccc(OC(C)C)c(NC)c1. The summed E-state index contributed by atoms with van der Waals surface area (Å²) in [6.45, 7) is 9.11. The highest BCUT2D eigenvalue weighted by molar-refractivity contribution is 8.14. The van der Waals surface area contributed by atoms with Gasteiger partial charge in [0.15, 0.2) is 0 Å². The molecule has 0 saturated heterocycles. The van der Waals surface area contributed by atoms with Gasteiger partial charge in [-0.05, 0) is 56.2 Å². The number of aliphatic hydroxyl groups excluding tert-OH is 1. The molecule has 2 aromatic carbocycles. The minimum Gasteiger partial charge on any atom is -0.489 e. The number of unbranched alkanes of at least 4 members (excludes halogenated alkanes) is 1. The smallest absolute Gasteiger partial charge is 0.214 e. The maximum atomic E-state index is 12.3. The summed E-state index contributed by atoms with van der Waals surface area (Å²) in [4.78, 5) is 0.890. The average Bonchev–Trinajstić information content (AvgIpc) is 2.81. The van der Waals surface area contributed by atoms with Crippen LogP contribution in [-0.2, 0) is 10.0 Å². The Morgan fingerprint density at radius 3 is 2.63 bits per heavy atom. The number of nitrogens with one attached hydrogen (secondary N) is 2.